The topological polar surface area (TPSA) is 61.8 Å². The summed E-state index contributed by atoms with van der Waals surface area (Å²) in [6.07, 6.45) is 0.844. The lowest BCUT2D eigenvalue weighted by molar-refractivity contribution is 0.0803. The number of ether oxygens (including phenoxy) is 3. The second-order valence-electron chi connectivity index (χ2n) is 4.63. The summed E-state index contributed by atoms with van der Waals surface area (Å²) in [5.74, 6) is 0.666. The van der Waals surface area contributed by atoms with Gasteiger partial charge in [0.15, 0.2) is 0 Å². The normalized spacial score (nSPS) is 11.6. The number of rotatable bonds is 9. The average Bonchev–Trinajstić information content (AvgIpc) is 2.39. The van der Waals surface area contributed by atoms with Crippen molar-refractivity contribution in [1.29, 1.82) is 0 Å². The molecular weight excluding hydrogens is 316 g/mol. The van der Waals surface area contributed by atoms with Gasteiger partial charge in [-0.25, -0.2) is 8.42 Å². The number of halogens is 1. The Morgan fingerprint density at radius 3 is 2.19 bits per heavy atom. The summed E-state index contributed by atoms with van der Waals surface area (Å²) in [6.45, 7) is 5.74. The third-order valence-corrected chi connectivity index (χ3v) is 4.16. The Kier molecular flexibility index (Phi) is 7.45. The first kappa shape index (κ1) is 18.2. The zero-order valence-corrected chi connectivity index (χ0v) is 14.1. The largest absolute Gasteiger partial charge is 0.491 e. The quantitative estimate of drug-likeness (QED) is 0.512. The number of aryl methyl sites for hydroxylation is 2. The minimum Gasteiger partial charge on any atom is -0.491 e. The molecule has 0 aliphatic heterocycles. The van der Waals surface area contributed by atoms with Crippen molar-refractivity contribution >= 4 is 19.7 Å². The van der Waals surface area contributed by atoms with Gasteiger partial charge in [-0.1, -0.05) is 0 Å². The molecule has 0 atom stereocenters. The van der Waals surface area contributed by atoms with E-state index in [2.05, 4.69) is 0 Å². The van der Waals surface area contributed by atoms with E-state index in [1.807, 2.05) is 0 Å². The minimum atomic E-state index is -3.72. The fourth-order valence-corrected chi connectivity index (χ4v) is 2.79. The summed E-state index contributed by atoms with van der Waals surface area (Å²) in [5.41, 5.74) is 1.46. The van der Waals surface area contributed by atoms with Crippen LogP contribution >= 0.6 is 10.7 Å². The molecule has 0 radical (unpaired) electrons. The SMILES string of the molecule is COCCCOCCOc1c(C)cc(S(=O)(=O)Cl)cc1C. The maximum atomic E-state index is 11.3. The molecule has 0 unspecified atom stereocenters. The second-order valence-corrected chi connectivity index (χ2v) is 7.20. The van der Waals surface area contributed by atoms with Gasteiger partial charge in [-0.3, -0.25) is 0 Å². The number of hydrogen-bond donors (Lipinski definition) is 0. The summed E-state index contributed by atoms with van der Waals surface area (Å²) in [7, 11) is 3.27. The Hall–Kier alpha value is -0.820. The molecule has 0 aliphatic carbocycles. The van der Waals surface area contributed by atoms with Gasteiger partial charge in [0, 0.05) is 31.0 Å². The van der Waals surface area contributed by atoms with E-state index >= 15 is 0 Å². The summed E-state index contributed by atoms with van der Waals surface area (Å²) in [4.78, 5) is 0.0855. The van der Waals surface area contributed by atoms with Crippen LogP contribution in [0.4, 0.5) is 0 Å². The predicted molar refractivity (Wildman–Crippen MR) is 81.8 cm³/mol. The van der Waals surface area contributed by atoms with E-state index in [9.17, 15) is 8.42 Å². The van der Waals surface area contributed by atoms with Crippen LogP contribution in [0.3, 0.4) is 0 Å². The van der Waals surface area contributed by atoms with Crippen molar-refractivity contribution < 1.29 is 22.6 Å². The van der Waals surface area contributed by atoms with E-state index in [0.717, 1.165) is 17.5 Å². The van der Waals surface area contributed by atoms with E-state index in [0.29, 0.717) is 32.2 Å². The first-order valence-corrected chi connectivity index (χ1v) is 8.92. The van der Waals surface area contributed by atoms with Crippen LogP contribution in [-0.2, 0) is 18.5 Å². The van der Waals surface area contributed by atoms with Crippen molar-refractivity contribution in [3.05, 3.63) is 23.3 Å². The Morgan fingerprint density at radius 1 is 1.05 bits per heavy atom. The van der Waals surface area contributed by atoms with Crippen LogP contribution in [0.1, 0.15) is 17.5 Å². The Bertz CT molecular complexity index is 533. The van der Waals surface area contributed by atoms with E-state index < -0.39 is 9.05 Å². The monoisotopic (exact) mass is 336 g/mol. The zero-order chi connectivity index (χ0) is 15.9. The summed E-state index contributed by atoms with van der Waals surface area (Å²) < 4.78 is 38.6. The van der Waals surface area contributed by atoms with Crippen LogP contribution < -0.4 is 4.74 Å². The first-order valence-electron chi connectivity index (χ1n) is 6.61. The van der Waals surface area contributed by atoms with Gasteiger partial charge in [-0.05, 0) is 43.5 Å². The number of methoxy groups -OCH3 is 1. The van der Waals surface area contributed by atoms with Crippen molar-refractivity contribution in [2.75, 3.05) is 33.5 Å². The van der Waals surface area contributed by atoms with E-state index in [1.165, 1.54) is 12.1 Å². The Balaban J connectivity index is 2.53. The molecule has 0 saturated carbocycles. The fourth-order valence-electron chi connectivity index (χ4n) is 1.89. The highest BCUT2D eigenvalue weighted by atomic mass is 35.7. The average molecular weight is 337 g/mol. The molecule has 0 amide bonds. The molecule has 0 heterocycles. The van der Waals surface area contributed by atoms with Crippen LogP contribution in [0.2, 0.25) is 0 Å². The van der Waals surface area contributed by atoms with Crippen molar-refractivity contribution in [3.8, 4) is 5.75 Å². The fraction of sp³-hybridized carbons (Fsp3) is 0.571. The van der Waals surface area contributed by atoms with Crippen LogP contribution in [-0.4, -0.2) is 42.0 Å². The van der Waals surface area contributed by atoms with Gasteiger partial charge in [0.2, 0.25) is 0 Å². The lowest BCUT2D eigenvalue weighted by atomic mass is 10.1. The molecule has 1 aromatic rings. The van der Waals surface area contributed by atoms with E-state index in [-0.39, 0.29) is 4.90 Å². The van der Waals surface area contributed by atoms with Crippen molar-refractivity contribution in [1.82, 2.24) is 0 Å². The van der Waals surface area contributed by atoms with Crippen molar-refractivity contribution in [3.63, 3.8) is 0 Å². The van der Waals surface area contributed by atoms with Gasteiger partial charge in [-0.2, -0.15) is 0 Å². The van der Waals surface area contributed by atoms with Crippen LogP contribution in [0, 0.1) is 13.8 Å². The molecule has 0 saturated heterocycles. The van der Waals surface area contributed by atoms with Crippen molar-refractivity contribution in [2.24, 2.45) is 0 Å². The van der Waals surface area contributed by atoms with Crippen LogP contribution in [0.5, 0.6) is 5.75 Å². The lowest BCUT2D eigenvalue weighted by Gasteiger charge is -2.13. The molecule has 0 N–H and O–H groups in total. The maximum Gasteiger partial charge on any atom is 0.261 e. The standard InChI is InChI=1S/C14H21ClO5S/c1-11-9-13(21(15,16)17)10-12(2)14(11)20-8-7-19-6-4-5-18-3/h9-10H,4-8H2,1-3H3. The minimum absolute atomic E-state index is 0.0855. The third kappa shape index (κ3) is 6.22. The highest BCUT2D eigenvalue weighted by molar-refractivity contribution is 8.13. The van der Waals surface area contributed by atoms with E-state index in [1.54, 1.807) is 21.0 Å². The first-order chi connectivity index (χ1) is 9.86. The van der Waals surface area contributed by atoms with Gasteiger partial charge < -0.3 is 14.2 Å². The Labute approximate surface area is 130 Å². The molecule has 21 heavy (non-hydrogen) atoms. The molecule has 0 bridgehead atoms. The summed E-state index contributed by atoms with van der Waals surface area (Å²) in [6, 6.07) is 3.01. The molecule has 0 fully saturated rings. The molecule has 7 heteroatoms. The predicted octanol–water partition coefficient (Wildman–Crippen LogP) is 2.66. The molecule has 0 spiro atoms. The van der Waals surface area contributed by atoms with Gasteiger partial charge in [0.25, 0.3) is 9.05 Å². The molecule has 0 aromatic heterocycles. The maximum absolute atomic E-state index is 11.3. The van der Waals surface area contributed by atoms with Gasteiger partial charge in [0.1, 0.15) is 12.4 Å². The number of hydrogen-bond acceptors (Lipinski definition) is 5. The summed E-state index contributed by atoms with van der Waals surface area (Å²) >= 11 is 0. The number of benzene rings is 1. The van der Waals surface area contributed by atoms with Gasteiger partial charge in [-0.15, -0.1) is 0 Å². The highest BCUT2D eigenvalue weighted by Gasteiger charge is 2.14. The Morgan fingerprint density at radius 2 is 1.67 bits per heavy atom. The smallest absolute Gasteiger partial charge is 0.261 e. The zero-order valence-electron chi connectivity index (χ0n) is 12.5. The second kappa shape index (κ2) is 8.58. The lowest BCUT2D eigenvalue weighted by Crippen LogP contribution is -2.10. The summed E-state index contributed by atoms with van der Waals surface area (Å²) in [5, 5.41) is 0. The molecule has 120 valence electrons. The van der Waals surface area contributed by atoms with Crippen molar-refractivity contribution in [2.45, 2.75) is 25.2 Å². The third-order valence-electron chi connectivity index (χ3n) is 2.83. The molecule has 1 rings (SSSR count). The molecule has 1 aromatic carbocycles. The van der Waals surface area contributed by atoms with E-state index in [4.69, 9.17) is 24.9 Å². The highest BCUT2D eigenvalue weighted by Crippen LogP contribution is 2.28. The molecule has 0 aliphatic rings. The van der Waals surface area contributed by atoms with Gasteiger partial charge in [0.05, 0.1) is 11.5 Å². The molecular formula is C14H21ClO5S. The van der Waals surface area contributed by atoms with Gasteiger partial charge >= 0.3 is 0 Å². The van der Waals surface area contributed by atoms with Crippen LogP contribution in [0.15, 0.2) is 17.0 Å². The molecule has 5 nitrogen and oxygen atoms in total. The van der Waals surface area contributed by atoms with Crippen LogP contribution in [0.25, 0.3) is 0 Å².